The minimum absolute atomic E-state index is 0. The Balaban J connectivity index is 0. The van der Waals surface area contributed by atoms with Gasteiger partial charge in [0.15, 0.2) is 0 Å². The van der Waals surface area contributed by atoms with Crippen LogP contribution in [0.4, 0.5) is 11.4 Å². The van der Waals surface area contributed by atoms with Crippen molar-refractivity contribution in [1.29, 1.82) is 0 Å². The molecule has 0 unspecified atom stereocenters. The van der Waals surface area contributed by atoms with Gasteiger partial charge in [0.2, 0.25) is 0 Å². The van der Waals surface area contributed by atoms with Gasteiger partial charge in [0, 0.05) is 70.1 Å². The average Bonchev–Trinajstić information content (AvgIpc) is 3.20. The maximum Gasteiger partial charge on any atom is 1.00 e. The van der Waals surface area contributed by atoms with Gasteiger partial charge >= 0.3 is 29.6 Å². The number of nitrogens with zero attached hydrogens (tertiary/aromatic N) is 2. The van der Waals surface area contributed by atoms with Crippen LogP contribution < -0.4 is 63.3 Å². The summed E-state index contributed by atoms with van der Waals surface area (Å²) in [5, 5.41) is 0. The molecular weight excluding hydrogens is 1240 g/mol. The summed E-state index contributed by atoms with van der Waals surface area (Å²) in [4.78, 5) is 4.78. The van der Waals surface area contributed by atoms with E-state index in [0.29, 0.717) is 66.1 Å². The second-order valence-electron chi connectivity index (χ2n) is 14.9. The topological polar surface area (TPSA) is 105 Å². The first-order chi connectivity index (χ1) is 28.5. The molecule has 0 aromatic heterocycles. The second-order valence-corrected chi connectivity index (χ2v) is 24.3. The van der Waals surface area contributed by atoms with Gasteiger partial charge in [0.25, 0.3) is 10.1 Å². The molecule has 0 radical (unpaired) electrons. The first kappa shape index (κ1) is 66.4. The molecule has 0 N–H and O–H groups in total. The number of halogens is 3. The maximum atomic E-state index is 11.5. The zero-order valence-corrected chi connectivity index (χ0v) is 51.5. The Morgan fingerprint density at radius 1 is 0.597 bits per heavy atom. The van der Waals surface area contributed by atoms with Gasteiger partial charge < -0.3 is 62.2 Å². The Labute approximate surface area is 458 Å². The molecule has 0 aliphatic heterocycles. The van der Waals surface area contributed by atoms with E-state index in [1.54, 1.807) is 25.0 Å². The third-order valence-corrected chi connectivity index (χ3v) is 15.8. The molecule has 0 spiro atoms. The predicted octanol–water partition coefficient (Wildman–Crippen LogP) is 3.84. The third kappa shape index (κ3) is 32.9. The number of methoxy groups -OCH3 is 2. The normalized spacial score (nSPS) is 11.7. The Hall–Kier alpha value is 2.30. The molecule has 0 heterocycles. The van der Waals surface area contributed by atoms with Gasteiger partial charge in [-0.15, -0.1) is 0 Å². The van der Waals surface area contributed by atoms with Crippen LogP contribution in [-0.2, 0) is 64.6 Å². The number of hydrogen-bond donors (Lipinski definition) is 0. The summed E-state index contributed by atoms with van der Waals surface area (Å²) in [6, 6.07) is 13.2. The Kier molecular flexibility index (Phi) is 41.8. The fraction of sp³-hybridized carbons (Fsp3) is 0.714. The van der Waals surface area contributed by atoms with Crippen molar-refractivity contribution < 1.29 is 94.6 Å². The molecule has 0 aliphatic rings. The van der Waals surface area contributed by atoms with Gasteiger partial charge in [0.1, 0.15) is 0 Å². The van der Waals surface area contributed by atoms with Crippen LogP contribution in [0.15, 0.2) is 36.4 Å². The summed E-state index contributed by atoms with van der Waals surface area (Å²) in [5.74, 6) is 0. The molecule has 2 rings (SSSR count). The summed E-state index contributed by atoms with van der Waals surface area (Å²) in [5.41, 5.74) is 7.11. The van der Waals surface area contributed by atoms with Crippen LogP contribution in [-0.4, -0.2) is 143 Å². The number of ether oxygens (including phenoxy) is 6. The van der Waals surface area contributed by atoms with Crippen LogP contribution in [0, 0.1) is 0 Å². The van der Waals surface area contributed by atoms with E-state index >= 15 is 0 Å². The van der Waals surface area contributed by atoms with Gasteiger partial charge in [-0.3, -0.25) is 4.18 Å². The molecule has 0 bridgehead atoms. The summed E-state index contributed by atoms with van der Waals surface area (Å²) in [6.45, 7) is 20.6. The number of alkyl halides is 2. The van der Waals surface area contributed by atoms with Crippen molar-refractivity contribution in [1.82, 2.24) is 0 Å². The standard InChI is InChI=1S/C22H39NO6S3.C20H33I2NO3S2.HI.Na/c1-7-19-14-20(17-29-32(6,24)25)16-21(15-19)23(18-22(2,3)31-30-5)8-9-27-12-13-28-11-10-26-4;1-20(2,28-27-4)16-23(5-6-25-9-10-26-8-7-24-3)19-12-17(14-21)11-18(13-19)15-22;;/h14-16H,7-13,17-18H2,1-6H3;11-13H,5-10,14-16H2,1-4H3;1H;/q;;;+1/p-1. The number of hydrogen-bond acceptors (Lipinski definition) is 15. The smallest absolute Gasteiger partial charge is 1.00 e. The zero-order valence-electron chi connectivity index (χ0n) is 38.9. The van der Waals surface area contributed by atoms with E-state index in [-0.39, 0.29) is 69.6 Å². The average molecular weight is 1310 g/mol. The molecule has 62 heavy (non-hydrogen) atoms. The van der Waals surface area contributed by atoms with Gasteiger partial charge in [-0.1, -0.05) is 107 Å². The number of anilines is 2. The van der Waals surface area contributed by atoms with Crippen molar-refractivity contribution in [2.75, 3.05) is 135 Å². The molecule has 11 nitrogen and oxygen atoms in total. The van der Waals surface area contributed by atoms with Crippen LogP contribution in [0.5, 0.6) is 0 Å². The van der Waals surface area contributed by atoms with Crippen LogP contribution >= 0.6 is 88.4 Å². The van der Waals surface area contributed by atoms with Gasteiger partial charge in [-0.2, -0.15) is 8.42 Å². The van der Waals surface area contributed by atoms with Crippen LogP contribution in [0.2, 0.25) is 0 Å². The molecular formula is C42H72I3N2NaO9S5. The van der Waals surface area contributed by atoms with Crippen LogP contribution in [0.3, 0.4) is 0 Å². The van der Waals surface area contributed by atoms with E-state index in [9.17, 15) is 8.42 Å². The van der Waals surface area contributed by atoms with E-state index in [1.807, 2.05) is 44.5 Å². The molecule has 2 aromatic rings. The third-order valence-electron chi connectivity index (χ3n) is 8.34. The van der Waals surface area contributed by atoms with Crippen molar-refractivity contribution in [2.45, 2.75) is 66.0 Å². The largest absolute Gasteiger partial charge is 1.00 e. The number of benzene rings is 2. The molecule has 0 amide bonds. The fourth-order valence-electron chi connectivity index (χ4n) is 5.77. The summed E-state index contributed by atoms with van der Waals surface area (Å²) < 4.78 is 62.7. The molecule has 0 fully saturated rings. The van der Waals surface area contributed by atoms with Crippen molar-refractivity contribution in [3.63, 3.8) is 0 Å². The molecule has 20 heteroatoms. The number of rotatable bonds is 34. The summed E-state index contributed by atoms with van der Waals surface area (Å²) in [6.07, 6.45) is 6.16. The maximum absolute atomic E-state index is 11.5. The summed E-state index contributed by atoms with van der Waals surface area (Å²) in [7, 11) is 7.19. The molecule has 0 saturated heterocycles. The van der Waals surface area contributed by atoms with E-state index in [4.69, 9.17) is 32.6 Å². The monoisotopic (exact) mass is 1310 g/mol. The predicted molar refractivity (Wildman–Crippen MR) is 279 cm³/mol. The first-order valence-corrected chi connectivity index (χ1v) is 30.0. The molecule has 0 aliphatic carbocycles. The van der Waals surface area contributed by atoms with Gasteiger partial charge in [-0.05, 0) is 93.1 Å². The quantitative estimate of drug-likeness (QED) is 0.0253. The first-order valence-electron chi connectivity index (χ1n) is 20.0. The van der Waals surface area contributed by atoms with E-state index in [0.717, 1.165) is 64.5 Å². The van der Waals surface area contributed by atoms with Crippen molar-refractivity contribution >= 4 is 110 Å². The zero-order chi connectivity index (χ0) is 44.9. The van der Waals surface area contributed by atoms with Gasteiger partial charge in [0.05, 0.1) is 78.9 Å². The fourth-order valence-corrected chi connectivity index (χ4v) is 11.3. The SMILES string of the molecule is CCc1cc(COS(C)(=O)=O)cc(N(CCOCCOCCOC)CC(C)(C)SSC)c1.COCCOCCOCCN(CC(C)(C)SSC)c1cc(CI)cc(CI)c1.[I-].[Na+]. The number of aryl methyl sites for hydroxylation is 1. The molecule has 0 saturated carbocycles. The molecule has 2 aromatic carbocycles. The Bertz CT molecular complexity index is 1520. The van der Waals surface area contributed by atoms with Crippen LogP contribution in [0.25, 0.3) is 0 Å². The van der Waals surface area contributed by atoms with Gasteiger partial charge in [-0.25, -0.2) is 0 Å². The van der Waals surface area contributed by atoms with Crippen molar-refractivity contribution in [3.8, 4) is 0 Å². The van der Waals surface area contributed by atoms with Crippen molar-refractivity contribution in [3.05, 3.63) is 58.7 Å². The van der Waals surface area contributed by atoms with E-state index < -0.39 is 10.1 Å². The van der Waals surface area contributed by atoms with Crippen LogP contribution in [0.1, 0.15) is 56.9 Å². The molecule has 0 atom stereocenters. The summed E-state index contributed by atoms with van der Waals surface area (Å²) >= 11 is 4.89. The minimum Gasteiger partial charge on any atom is -1.00 e. The van der Waals surface area contributed by atoms with E-state index in [2.05, 4.69) is 126 Å². The Morgan fingerprint density at radius 2 is 0.952 bits per heavy atom. The van der Waals surface area contributed by atoms with Crippen molar-refractivity contribution in [2.24, 2.45) is 0 Å². The van der Waals surface area contributed by atoms with E-state index in [1.165, 1.54) is 16.8 Å². The molecule has 356 valence electrons. The minimum atomic E-state index is -3.50. The Morgan fingerprint density at radius 3 is 1.31 bits per heavy atom. The second kappa shape index (κ2) is 39.1.